The molecule has 0 amide bonds. The summed E-state index contributed by atoms with van der Waals surface area (Å²) < 4.78 is 2.49. The van der Waals surface area contributed by atoms with Crippen LogP contribution in [0.5, 0.6) is 0 Å². The van der Waals surface area contributed by atoms with Gasteiger partial charge in [0.05, 0.1) is 11.0 Å². The minimum absolute atomic E-state index is 0.105. The van der Waals surface area contributed by atoms with Gasteiger partial charge in [-0.05, 0) is 201 Å². The first kappa shape index (κ1) is 43.6. The van der Waals surface area contributed by atoms with Crippen LogP contribution in [0.2, 0.25) is 0 Å². The maximum Gasteiger partial charge on any atom is 0.0541 e. The number of hydrogen-bond acceptors (Lipinski definition) is 1. The van der Waals surface area contributed by atoms with E-state index in [1.807, 2.05) is 0 Å². The van der Waals surface area contributed by atoms with Crippen LogP contribution in [0.3, 0.4) is 0 Å². The van der Waals surface area contributed by atoms with Crippen molar-refractivity contribution in [1.82, 2.24) is 4.57 Å². The molecule has 0 fully saturated rings. The average molecular weight is 939 g/mol. The summed E-state index contributed by atoms with van der Waals surface area (Å²) in [7, 11) is 0. The van der Waals surface area contributed by atoms with Gasteiger partial charge >= 0.3 is 0 Å². The second-order valence-corrected chi connectivity index (χ2v) is 21.6. The Morgan fingerprint density at radius 1 is 0.411 bits per heavy atom. The van der Waals surface area contributed by atoms with Gasteiger partial charge in [0, 0.05) is 38.9 Å². The molecule has 0 spiro atoms. The first-order chi connectivity index (χ1) is 35.9. The van der Waals surface area contributed by atoms with Crippen molar-refractivity contribution >= 4 is 38.9 Å². The van der Waals surface area contributed by atoms with Gasteiger partial charge in [0.1, 0.15) is 0 Å². The molecule has 0 N–H and O–H groups in total. The Morgan fingerprint density at radius 3 is 1.59 bits per heavy atom. The van der Waals surface area contributed by atoms with Gasteiger partial charge in [-0.3, -0.25) is 0 Å². The molecule has 0 aliphatic heterocycles. The Kier molecular flexibility index (Phi) is 10.5. The van der Waals surface area contributed by atoms with Gasteiger partial charge in [0.15, 0.2) is 0 Å². The van der Waals surface area contributed by atoms with E-state index in [1.54, 1.807) is 11.1 Å². The third-order valence-electron chi connectivity index (χ3n) is 17.0. The molecule has 1 aromatic heterocycles. The standard InChI is InChI=1S/C71H58N2/c1-71(2)67-19-11-10-18-63(67)64-39-38-60(46-68(64)71)72(57-34-27-50(28-35-57)49-12-4-3-5-13-49)58-36-29-51(30-37-58)52-31-41-70-66(45-52)65-42-48(21-26-56-44-54-15-7-9-17-62(54)56)24-40-69(65)73(70)59-32-22-47(23-33-59)20-25-55-43-53-14-6-8-16-61(53)55/h3-19,22-24,27-42,45-46,55-56H,20-21,25-26,43-44H2,1-2H3. The molecular formula is C71H58N2. The van der Waals surface area contributed by atoms with Gasteiger partial charge in [0.2, 0.25) is 0 Å². The number of benzene rings is 10. The molecule has 0 bridgehead atoms. The Balaban J connectivity index is 0.813. The van der Waals surface area contributed by atoms with E-state index in [1.165, 1.54) is 120 Å². The van der Waals surface area contributed by atoms with Crippen LogP contribution in [0.25, 0.3) is 60.9 Å². The lowest BCUT2D eigenvalue weighted by Gasteiger charge is -2.30. The monoisotopic (exact) mass is 938 g/mol. The maximum absolute atomic E-state index is 2.49. The van der Waals surface area contributed by atoms with Crippen molar-refractivity contribution in [2.24, 2.45) is 0 Å². The van der Waals surface area contributed by atoms with Crippen LogP contribution in [0.1, 0.15) is 83.0 Å². The second kappa shape index (κ2) is 17.5. The zero-order valence-corrected chi connectivity index (χ0v) is 41.7. The predicted molar refractivity (Wildman–Crippen MR) is 306 cm³/mol. The van der Waals surface area contributed by atoms with Crippen molar-refractivity contribution in [3.63, 3.8) is 0 Å². The molecule has 0 saturated carbocycles. The number of nitrogens with zero attached hydrogens (tertiary/aromatic N) is 2. The summed E-state index contributed by atoms with van der Waals surface area (Å²) in [5.74, 6) is 1.33. The fraction of sp³-hybridized carbons (Fsp3) is 0.155. The van der Waals surface area contributed by atoms with E-state index in [0.29, 0.717) is 11.8 Å². The van der Waals surface area contributed by atoms with Gasteiger partial charge in [-0.2, -0.15) is 0 Å². The van der Waals surface area contributed by atoms with Crippen LogP contribution in [0.15, 0.2) is 231 Å². The number of rotatable bonds is 12. The quantitative estimate of drug-likeness (QED) is 0.118. The summed E-state index contributed by atoms with van der Waals surface area (Å²) in [5, 5.41) is 2.61. The minimum Gasteiger partial charge on any atom is -0.310 e. The summed E-state index contributed by atoms with van der Waals surface area (Å²) in [4.78, 5) is 2.43. The minimum atomic E-state index is -0.105. The Bertz CT molecular complexity index is 3870. The maximum atomic E-state index is 2.49. The van der Waals surface area contributed by atoms with E-state index in [4.69, 9.17) is 0 Å². The van der Waals surface area contributed by atoms with Gasteiger partial charge in [-0.15, -0.1) is 0 Å². The third-order valence-corrected chi connectivity index (χ3v) is 17.0. The highest BCUT2D eigenvalue weighted by molar-refractivity contribution is 6.10. The van der Waals surface area contributed by atoms with Crippen molar-refractivity contribution in [2.75, 3.05) is 4.90 Å². The van der Waals surface area contributed by atoms with Crippen molar-refractivity contribution < 1.29 is 0 Å². The molecule has 3 aliphatic carbocycles. The molecular weight excluding hydrogens is 881 g/mol. The van der Waals surface area contributed by atoms with Gasteiger partial charge in [-0.25, -0.2) is 0 Å². The molecule has 2 unspecified atom stereocenters. The second-order valence-electron chi connectivity index (χ2n) is 21.6. The SMILES string of the molecule is CC1(C)c2ccccc2-c2ccc(N(c3ccc(-c4ccccc4)cc3)c3ccc(-c4ccc5c(c4)c4cc(CCC6Cc7ccccc76)ccc4n5-c4ccc(CCC5Cc6ccccc65)cc4)cc3)cc21. The van der Waals surface area contributed by atoms with Crippen LogP contribution in [-0.2, 0) is 31.1 Å². The van der Waals surface area contributed by atoms with E-state index in [2.05, 4.69) is 254 Å². The molecule has 0 saturated heterocycles. The van der Waals surface area contributed by atoms with E-state index >= 15 is 0 Å². The number of anilines is 3. The molecule has 14 rings (SSSR count). The normalized spacial score (nSPS) is 15.8. The number of hydrogen-bond donors (Lipinski definition) is 0. The summed E-state index contributed by atoms with van der Waals surface area (Å²) in [5.41, 5.74) is 26.3. The zero-order valence-electron chi connectivity index (χ0n) is 41.7. The van der Waals surface area contributed by atoms with Crippen LogP contribution in [0, 0.1) is 0 Å². The molecule has 2 atom stereocenters. The van der Waals surface area contributed by atoms with Crippen molar-refractivity contribution in [3.8, 4) is 39.1 Å². The summed E-state index contributed by atoms with van der Waals surface area (Å²) >= 11 is 0. The molecule has 1 heterocycles. The summed E-state index contributed by atoms with van der Waals surface area (Å²) in [6.45, 7) is 4.73. The number of aryl methyl sites for hydroxylation is 2. The molecule has 73 heavy (non-hydrogen) atoms. The summed E-state index contributed by atoms with van der Waals surface area (Å²) in [6, 6.07) is 86.8. The molecule has 10 aromatic carbocycles. The van der Waals surface area contributed by atoms with Gasteiger partial charge < -0.3 is 9.47 Å². The Hall–Kier alpha value is -8.20. The molecule has 3 aliphatic rings. The average Bonchev–Trinajstić information content (AvgIpc) is 3.87. The lowest BCUT2D eigenvalue weighted by molar-refractivity contribution is 0.559. The van der Waals surface area contributed by atoms with Crippen LogP contribution in [0.4, 0.5) is 17.1 Å². The lowest BCUT2D eigenvalue weighted by Crippen LogP contribution is -2.17. The zero-order chi connectivity index (χ0) is 48.6. The number of fused-ring (bicyclic) bond motifs is 8. The Labute approximate surface area is 429 Å². The number of aromatic nitrogens is 1. The highest BCUT2D eigenvalue weighted by Crippen LogP contribution is 2.51. The van der Waals surface area contributed by atoms with Crippen molar-refractivity contribution in [2.45, 2.75) is 69.6 Å². The fourth-order valence-corrected chi connectivity index (χ4v) is 12.9. The highest BCUT2D eigenvalue weighted by atomic mass is 15.1. The molecule has 352 valence electrons. The first-order valence-corrected chi connectivity index (χ1v) is 26.5. The van der Waals surface area contributed by atoms with E-state index < -0.39 is 0 Å². The first-order valence-electron chi connectivity index (χ1n) is 26.5. The molecule has 2 heteroatoms. The largest absolute Gasteiger partial charge is 0.310 e. The van der Waals surface area contributed by atoms with E-state index in [-0.39, 0.29) is 5.41 Å². The predicted octanol–water partition coefficient (Wildman–Crippen LogP) is 18.4. The third kappa shape index (κ3) is 7.54. The molecule has 11 aromatic rings. The molecule has 0 radical (unpaired) electrons. The van der Waals surface area contributed by atoms with Crippen LogP contribution < -0.4 is 4.90 Å². The summed E-state index contributed by atoms with van der Waals surface area (Å²) in [6.07, 6.45) is 6.96. The van der Waals surface area contributed by atoms with Crippen LogP contribution >= 0.6 is 0 Å². The Morgan fingerprint density at radius 2 is 0.918 bits per heavy atom. The van der Waals surface area contributed by atoms with E-state index in [0.717, 1.165) is 29.9 Å². The highest BCUT2D eigenvalue weighted by Gasteiger charge is 2.36. The fourth-order valence-electron chi connectivity index (χ4n) is 12.9. The van der Waals surface area contributed by atoms with Gasteiger partial charge in [-0.1, -0.05) is 172 Å². The molecule has 2 nitrogen and oxygen atoms in total. The topological polar surface area (TPSA) is 8.17 Å². The van der Waals surface area contributed by atoms with Crippen molar-refractivity contribution in [1.29, 1.82) is 0 Å². The van der Waals surface area contributed by atoms with Crippen molar-refractivity contribution in [3.05, 3.63) is 275 Å². The van der Waals surface area contributed by atoms with Crippen LogP contribution in [-0.4, -0.2) is 4.57 Å². The lowest BCUT2D eigenvalue weighted by atomic mass is 9.75. The van der Waals surface area contributed by atoms with E-state index in [9.17, 15) is 0 Å². The smallest absolute Gasteiger partial charge is 0.0541 e. The van der Waals surface area contributed by atoms with Gasteiger partial charge in [0.25, 0.3) is 0 Å².